The molecule has 1 fully saturated rings. The Balaban J connectivity index is 2.04. The predicted octanol–water partition coefficient (Wildman–Crippen LogP) is 1.01. The molecule has 1 amide bonds. The van der Waals surface area contributed by atoms with Crippen LogP contribution in [0.15, 0.2) is 12.1 Å². The largest absolute Gasteiger partial charge is 0.493 e. The van der Waals surface area contributed by atoms with Gasteiger partial charge in [-0.15, -0.1) is 0 Å². The highest BCUT2D eigenvalue weighted by atomic mass is 32.2. The molecule has 2 unspecified atom stereocenters. The van der Waals surface area contributed by atoms with E-state index in [-0.39, 0.29) is 54.7 Å². The maximum absolute atomic E-state index is 14.1. The normalized spacial score (nSPS) is 20.9. The van der Waals surface area contributed by atoms with Crippen molar-refractivity contribution in [2.45, 2.75) is 26.1 Å². The van der Waals surface area contributed by atoms with Crippen LogP contribution in [0.3, 0.4) is 0 Å². The van der Waals surface area contributed by atoms with Crippen molar-refractivity contribution in [3.63, 3.8) is 0 Å². The lowest BCUT2D eigenvalue weighted by Gasteiger charge is -2.34. The van der Waals surface area contributed by atoms with Gasteiger partial charge in [0.2, 0.25) is 10.0 Å². The van der Waals surface area contributed by atoms with Gasteiger partial charge in [0.05, 0.1) is 32.2 Å². The molecular weight excluding hydrogens is 379 g/mol. The minimum absolute atomic E-state index is 0.0475. The Kier molecular flexibility index (Phi) is 7.01. The summed E-state index contributed by atoms with van der Waals surface area (Å²) in [5.41, 5.74) is -0.331. The number of nitrogens with one attached hydrogen (secondary N) is 1. The van der Waals surface area contributed by atoms with Crippen LogP contribution < -0.4 is 14.8 Å². The molecule has 10 heteroatoms. The number of ether oxygens (including phenoxy) is 3. The van der Waals surface area contributed by atoms with Crippen LogP contribution in [-0.2, 0) is 14.8 Å². The van der Waals surface area contributed by atoms with E-state index in [2.05, 4.69) is 5.32 Å². The molecule has 2 rings (SSSR count). The fourth-order valence-corrected chi connectivity index (χ4v) is 4.48. The molecule has 27 heavy (non-hydrogen) atoms. The van der Waals surface area contributed by atoms with E-state index in [9.17, 15) is 17.6 Å². The highest BCUT2D eigenvalue weighted by Crippen LogP contribution is 2.32. The molecule has 0 radical (unpaired) electrons. The van der Waals surface area contributed by atoms with Crippen LogP contribution in [0.5, 0.6) is 11.5 Å². The average molecular weight is 404 g/mol. The maximum atomic E-state index is 14.1. The zero-order valence-corrected chi connectivity index (χ0v) is 16.6. The summed E-state index contributed by atoms with van der Waals surface area (Å²) in [5, 5.41) is 2.43. The Bertz CT molecular complexity index is 776. The number of carbonyl (C=O) groups is 1. The molecule has 0 spiro atoms. The van der Waals surface area contributed by atoms with Crippen LogP contribution in [0.25, 0.3) is 0 Å². The van der Waals surface area contributed by atoms with E-state index in [1.807, 2.05) is 0 Å². The first-order valence-electron chi connectivity index (χ1n) is 8.51. The summed E-state index contributed by atoms with van der Waals surface area (Å²) in [6.45, 7) is 3.97. The van der Waals surface area contributed by atoms with Gasteiger partial charge in [-0.3, -0.25) is 4.79 Å². The number of amides is 1. The molecule has 0 aliphatic carbocycles. The number of hydrogen-bond donors (Lipinski definition) is 1. The molecule has 1 aromatic carbocycles. The second kappa shape index (κ2) is 8.85. The molecule has 1 N–H and O–H groups in total. The number of sulfonamides is 1. The second-order valence-corrected chi connectivity index (χ2v) is 8.39. The molecule has 0 saturated carbocycles. The zero-order chi connectivity index (χ0) is 20.2. The van der Waals surface area contributed by atoms with Crippen LogP contribution in [0.4, 0.5) is 4.39 Å². The molecule has 1 aliphatic heterocycles. The van der Waals surface area contributed by atoms with E-state index < -0.39 is 21.7 Å². The number of morpholine rings is 1. The number of benzene rings is 1. The minimum atomic E-state index is -3.58. The maximum Gasteiger partial charge on any atom is 0.258 e. The SMILES string of the molecule is COc1ccc(F)c(C(=O)NCCS(=O)(=O)N2CC(C)OC(C)C2)c1OC. The first-order chi connectivity index (χ1) is 12.7. The van der Waals surface area contributed by atoms with E-state index in [0.717, 1.165) is 6.07 Å². The Morgan fingerprint density at radius 3 is 2.44 bits per heavy atom. The van der Waals surface area contributed by atoms with Crippen molar-refractivity contribution in [1.82, 2.24) is 9.62 Å². The van der Waals surface area contributed by atoms with Crippen LogP contribution >= 0.6 is 0 Å². The summed E-state index contributed by atoms with van der Waals surface area (Å²) in [7, 11) is -0.916. The highest BCUT2D eigenvalue weighted by molar-refractivity contribution is 7.89. The third-order valence-corrected chi connectivity index (χ3v) is 5.95. The minimum Gasteiger partial charge on any atom is -0.493 e. The standard InChI is InChI=1S/C17H25FN2O6S/c1-11-9-20(10-12(2)26-11)27(22,23)8-7-19-17(21)15-13(18)5-6-14(24-3)16(15)25-4/h5-6,11-12H,7-10H2,1-4H3,(H,19,21). The van der Waals surface area contributed by atoms with E-state index in [1.165, 1.54) is 24.6 Å². The number of nitrogens with zero attached hydrogens (tertiary/aromatic N) is 1. The fourth-order valence-electron chi connectivity index (χ4n) is 2.98. The van der Waals surface area contributed by atoms with Gasteiger partial charge >= 0.3 is 0 Å². The lowest BCUT2D eigenvalue weighted by atomic mass is 10.1. The number of rotatable bonds is 7. The van der Waals surface area contributed by atoms with Crippen molar-refractivity contribution in [3.05, 3.63) is 23.5 Å². The average Bonchev–Trinajstić information content (AvgIpc) is 2.60. The summed E-state index contributed by atoms with van der Waals surface area (Å²) in [6.07, 6.45) is -0.401. The molecule has 1 saturated heterocycles. The van der Waals surface area contributed by atoms with E-state index in [4.69, 9.17) is 14.2 Å². The Labute approximate surface area is 158 Å². The van der Waals surface area contributed by atoms with Crippen molar-refractivity contribution in [2.75, 3.05) is 39.6 Å². The van der Waals surface area contributed by atoms with E-state index in [1.54, 1.807) is 13.8 Å². The lowest BCUT2D eigenvalue weighted by molar-refractivity contribution is -0.0440. The van der Waals surface area contributed by atoms with Crippen molar-refractivity contribution in [3.8, 4) is 11.5 Å². The molecular formula is C17H25FN2O6S. The number of methoxy groups -OCH3 is 2. The Morgan fingerprint density at radius 2 is 1.89 bits per heavy atom. The van der Waals surface area contributed by atoms with Gasteiger partial charge in [-0.05, 0) is 26.0 Å². The molecule has 1 aliphatic rings. The summed E-state index contributed by atoms with van der Waals surface area (Å²) in [5.74, 6) is -1.71. The smallest absolute Gasteiger partial charge is 0.258 e. The third-order valence-electron chi connectivity index (χ3n) is 4.15. The molecule has 152 valence electrons. The van der Waals surface area contributed by atoms with Crippen LogP contribution in [0.1, 0.15) is 24.2 Å². The van der Waals surface area contributed by atoms with Crippen molar-refractivity contribution < 1.29 is 31.8 Å². The first-order valence-corrected chi connectivity index (χ1v) is 10.1. The quantitative estimate of drug-likeness (QED) is 0.729. The monoisotopic (exact) mass is 404 g/mol. The number of halogens is 1. The second-order valence-electron chi connectivity index (χ2n) is 6.30. The van der Waals surface area contributed by atoms with Crippen molar-refractivity contribution in [2.24, 2.45) is 0 Å². The van der Waals surface area contributed by atoms with Crippen LogP contribution in [0.2, 0.25) is 0 Å². The molecule has 0 bridgehead atoms. The van der Waals surface area contributed by atoms with Gasteiger partial charge in [0, 0.05) is 19.6 Å². The van der Waals surface area contributed by atoms with E-state index >= 15 is 0 Å². The number of hydrogen-bond acceptors (Lipinski definition) is 6. The topological polar surface area (TPSA) is 94.2 Å². The van der Waals surface area contributed by atoms with Crippen molar-refractivity contribution >= 4 is 15.9 Å². The lowest BCUT2D eigenvalue weighted by Crippen LogP contribution is -2.49. The Morgan fingerprint density at radius 1 is 1.26 bits per heavy atom. The summed E-state index contributed by atoms with van der Waals surface area (Å²) in [4.78, 5) is 12.4. The summed E-state index contributed by atoms with van der Waals surface area (Å²) in [6, 6.07) is 2.43. The third kappa shape index (κ3) is 5.08. The van der Waals surface area contributed by atoms with Crippen LogP contribution in [-0.4, -0.2) is 70.4 Å². The van der Waals surface area contributed by atoms with Crippen LogP contribution in [0, 0.1) is 5.82 Å². The predicted molar refractivity (Wildman–Crippen MR) is 97.2 cm³/mol. The van der Waals surface area contributed by atoms with Gasteiger partial charge in [0.1, 0.15) is 11.4 Å². The van der Waals surface area contributed by atoms with E-state index in [0.29, 0.717) is 0 Å². The Hall–Kier alpha value is -1.91. The van der Waals surface area contributed by atoms with Gasteiger partial charge in [0.15, 0.2) is 11.5 Å². The van der Waals surface area contributed by atoms with Gasteiger partial charge in [-0.25, -0.2) is 12.8 Å². The molecule has 0 aromatic heterocycles. The van der Waals surface area contributed by atoms with Crippen molar-refractivity contribution in [1.29, 1.82) is 0 Å². The highest BCUT2D eigenvalue weighted by Gasteiger charge is 2.31. The van der Waals surface area contributed by atoms with Gasteiger partial charge in [0.25, 0.3) is 5.91 Å². The zero-order valence-electron chi connectivity index (χ0n) is 15.8. The molecule has 2 atom stereocenters. The summed E-state index contributed by atoms with van der Waals surface area (Å²) < 4.78 is 56.1. The van der Waals surface area contributed by atoms with Gasteiger partial charge in [-0.2, -0.15) is 4.31 Å². The molecule has 8 nitrogen and oxygen atoms in total. The van der Waals surface area contributed by atoms with Gasteiger partial charge < -0.3 is 19.5 Å². The van der Waals surface area contributed by atoms with Gasteiger partial charge in [-0.1, -0.05) is 0 Å². The molecule has 1 aromatic rings. The molecule has 1 heterocycles. The number of carbonyl (C=O) groups excluding carboxylic acids is 1. The summed E-state index contributed by atoms with van der Waals surface area (Å²) >= 11 is 0. The fraction of sp³-hybridized carbons (Fsp3) is 0.588. The first kappa shape index (κ1) is 21.4.